The van der Waals surface area contributed by atoms with E-state index in [1.165, 1.54) is 6.07 Å². The Morgan fingerprint density at radius 2 is 1.95 bits per heavy atom. The molecule has 0 amide bonds. The second kappa shape index (κ2) is 6.20. The lowest BCUT2D eigenvalue weighted by Gasteiger charge is -2.16. The zero-order valence-corrected chi connectivity index (χ0v) is 11.6. The van der Waals surface area contributed by atoms with Gasteiger partial charge in [0, 0.05) is 23.2 Å². The summed E-state index contributed by atoms with van der Waals surface area (Å²) in [5.74, 6) is -1.65. The monoisotopic (exact) mass is 297 g/mol. The van der Waals surface area contributed by atoms with Gasteiger partial charge >= 0.3 is 0 Å². The predicted molar refractivity (Wildman–Crippen MR) is 74.7 cm³/mol. The molecule has 0 heterocycles. The van der Waals surface area contributed by atoms with Crippen LogP contribution in [0.1, 0.15) is 24.1 Å². The van der Waals surface area contributed by atoms with Gasteiger partial charge in [-0.15, -0.1) is 0 Å². The van der Waals surface area contributed by atoms with Gasteiger partial charge in [-0.25, -0.2) is 8.78 Å². The van der Waals surface area contributed by atoms with Crippen LogP contribution in [0.25, 0.3) is 0 Å². The Morgan fingerprint density at radius 3 is 2.60 bits per heavy atom. The number of halogens is 3. The van der Waals surface area contributed by atoms with Crippen LogP contribution in [0.15, 0.2) is 36.4 Å². The summed E-state index contributed by atoms with van der Waals surface area (Å²) in [6, 6.07) is 8.43. The van der Waals surface area contributed by atoms with E-state index in [4.69, 9.17) is 11.6 Å². The topological polar surface area (TPSA) is 32.3 Å². The number of phenols is 1. The first-order chi connectivity index (χ1) is 9.49. The summed E-state index contributed by atoms with van der Waals surface area (Å²) in [5, 5.41) is 13.3. The molecule has 0 aliphatic carbocycles. The van der Waals surface area contributed by atoms with Crippen molar-refractivity contribution in [3.63, 3.8) is 0 Å². The third-order valence-corrected chi connectivity index (χ3v) is 3.48. The van der Waals surface area contributed by atoms with Gasteiger partial charge in [0.05, 0.1) is 0 Å². The number of hydrogen-bond acceptors (Lipinski definition) is 2. The van der Waals surface area contributed by atoms with Crippen LogP contribution in [0, 0.1) is 11.6 Å². The number of aromatic hydroxyl groups is 1. The highest BCUT2D eigenvalue weighted by Gasteiger charge is 2.11. The normalized spacial score (nSPS) is 12.4. The molecule has 0 radical (unpaired) electrons. The van der Waals surface area contributed by atoms with Crippen LogP contribution < -0.4 is 5.32 Å². The van der Waals surface area contributed by atoms with E-state index in [9.17, 15) is 13.9 Å². The third-order valence-electron chi connectivity index (χ3n) is 3.12. The summed E-state index contributed by atoms with van der Waals surface area (Å²) < 4.78 is 26.0. The maximum absolute atomic E-state index is 13.2. The Labute approximate surface area is 121 Å². The quantitative estimate of drug-likeness (QED) is 0.887. The molecule has 2 N–H and O–H groups in total. The van der Waals surface area contributed by atoms with E-state index in [2.05, 4.69) is 5.32 Å². The molecule has 2 aromatic carbocycles. The maximum Gasteiger partial charge on any atom is 0.159 e. The molecular weight excluding hydrogens is 284 g/mol. The largest absolute Gasteiger partial charge is 0.508 e. The average Bonchev–Trinajstić information content (AvgIpc) is 2.41. The van der Waals surface area contributed by atoms with Crippen LogP contribution in [0.4, 0.5) is 8.78 Å². The minimum absolute atomic E-state index is 0.0995. The summed E-state index contributed by atoms with van der Waals surface area (Å²) in [5.41, 5.74) is 1.19. The molecule has 106 valence electrons. The molecule has 20 heavy (non-hydrogen) atoms. The Kier molecular flexibility index (Phi) is 4.57. The van der Waals surface area contributed by atoms with Crippen LogP contribution in [0.5, 0.6) is 5.75 Å². The minimum atomic E-state index is -0.878. The molecule has 5 heteroatoms. The van der Waals surface area contributed by atoms with E-state index < -0.39 is 11.6 Å². The smallest absolute Gasteiger partial charge is 0.159 e. The highest BCUT2D eigenvalue weighted by atomic mass is 35.5. The van der Waals surface area contributed by atoms with Gasteiger partial charge in [-0.3, -0.25) is 0 Å². The average molecular weight is 298 g/mol. The second-order valence-electron chi connectivity index (χ2n) is 4.51. The van der Waals surface area contributed by atoms with Gasteiger partial charge in [0.25, 0.3) is 0 Å². The van der Waals surface area contributed by atoms with Crippen molar-refractivity contribution >= 4 is 11.6 Å². The van der Waals surface area contributed by atoms with Crippen molar-refractivity contribution in [1.82, 2.24) is 5.32 Å². The van der Waals surface area contributed by atoms with Gasteiger partial charge < -0.3 is 10.4 Å². The Hall–Kier alpha value is -1.65. The zero-order chi connectivity index (χ0) is 14.7. The van der Waals surface area contributed by atoms with E-state index in [-0.39, 0.29) is 11.8 Å². The van der Waals surface area contributed by atoms with Crippen LogP contribution >= 0.6 is 11.6 Å². The van der Waals surface area contributed by atoms with Crippen LogP contribution in [-0.4, -0.2) is 5.11 Å². The van der Waals surface area contributed by atoms with Gasteiger partial charge in [-0.05, 0) is 36.8 Å². The van der Waals surface area contributed by atoms with Gasteiger partial charge in [0.1, 0.15) is 5.75 Å². The van der Waals surface area contributed by atoms with E-state index >= 15 is 0 Å². The molecule has 0 aromatic heterocycles. The van der Waals surface area contributed by atoms with E-state index in [1.807, 2.05) is 6.92 Å². The van der Waals surface area contributed by atoms with E-state index in [0.717, 1.165) is 12.1 Å². The Bertz CT molecular complexity index is 599. The molecule has 0 saturated heterocycles. The molecule has 0 aliphatic rings. The van der Waals surface area contributed by atoms with Crippen molar-refractivity contribution in [3.05, 3.63) is 64.2 Å². The van der Waals surface area contributed by atoms with Crippen molar-refractivity contribution in [1.29, 1.82) is 0 Å². The molecule has 0 saturated carbocycles. The lowest BCUT2D eigenvalue weighted by atomic mass is 10.1. The standard InChI is InChI=1S/C15H14ClF2NO/c1-9(10-5-6-13(17)14(18)7-10)19-8-11-12(16)3-2-4-15(11)20/h2-7,9,19-20H,8H2,1H3. The Morgan fingerprint density at radius 1 is 1.20 bits per heavy atom. The molecule has 2 nitrogen and oxygen atoms in total. The van der Waals surface area contributed by atoms with Gasteiger partial charge in [-0.1, -0.05) is 23.7 Å². The number of benzene rings is 2. The van der Waals surface area contributed by atoms with Crippen LogP contribution in [-0.2, 0) is 6.54 Å². The number of nitrogens with one attached hydrogen (secondary N) is 1. The van der Waals surface area contributed by atoms with Crippen molar-refractivity contribution in [2.24, 2.45) is 0 Å². The Balaban J connectivity index is 2.08. The van der Waals surface area contributed by atoms with Crippen molar-refractivity contribution < 1.29 is 13.9 Å². The van der Waals surface area contributed by atoms with E-state index in [1.54, 1.807) is 18.2 Å². The molecule has 0 bridgehead atoms. The summed E-state index contributed by atoms with van der Waals surface area (Å²) in [4.78, 5) is 0. The predicted octanol–water partition coefficient (Wildman–Crippen LogP) is 4.17. The van der Waals surface area contributed by atoms with Crippen molar-refractivity contribution in [2.45, 2.75) is 19.5 Å². The lowest BCUT2D eigenvalue weighted by molar-refractivity contribution is 0.459. The fourth-order valence-electron chi connectivity index (χ4n) is 1.88. The fourth-order valence-corrected chi connectivity index (χ4v) is 2.11. The zero-order valence-electron chi connectivity index (χ0n) is 10.8. The SMILES string of the molecule is CC(NCc1c(O)cccc1Cl)c1ccc(F)c(F)c1. The van der Waals surface area contributed by atoms with Crippen LogP contribution in [0.2, 0.25) is 5.02 Å². The highest BCUT2D eigenvalue weighted by molar-refractivity contribution is 6.31. The number of hydrogen-bond donors (Lipinski definition) is 2. The molecular formula is C15H14ClF2NO. The summed E-state index contributed by atoms with van der Waals surface area (Å²) in [6.45, 7) is 2.15. The van der Waals surface area contributed by atoms with Crippen molar-refractivity contribution in [3.8, 4) is 5.75 Å². The van der Waals surface area contributed by atoms with Crippen molar-refractivity contribution in [2.75, 3.05) is 0 Å². The molecule has 0 aliphatic heterocycles. The van der Waals surface area contributed by atoms with Crippen LogP contribution in [0.3, 0.4) is 0 Å². The lowest BCUT2D eigenvalue weighted by Crippen LogP contribution is -2.18. The second-order valence-corrected chi connectivity index (χ2v) is 4.92. The first kappa shape index (κ1) is 14.8. The van der Waals surface area contributed by atoms with Gasteiger partial charge in [-0.2, -0.15) is 0 Å². The first-order valence-electron chi connectivity index (χ1n) is 6.13. The number of rotatable bonds is 4. The van der Waals surface area contributed by atoms with Gasteiger partial charge in [0.15, 0.2) is 11.6 Å². The highest BCUT2D eigenvalue weighted by Crippen LogP contribution is 2.26. The summed E-state index contributed by atoms with van der Waals surface area (Å²) in [7, 11) is 0. The molecule has 0 spiro atoms. The summed E-state index contributed by atoms with van der Waals surface area (Å²) in [6.07, 6.45) is 0. The van der Waals surface area contributed by atoms with E-state index in [0.29, 0.717) is 22.7 Å². The van der Waals surface area contributed by atoms with Gasteiger partial charge in [0.2, 0.25) is 0 Å². The minimum Gasteiger partial charge on any atom is -0.508 e. The first-order valence-corrected chi connectivity index (χ1v) is 6.51. The molecule has 1 unspecified atom stereocenters. The molecule has 2 rings (SSSR count). The molecule has 0 fully saturated rings. The fraction of sp³-hybridized carbons (Fsp3) is 0.200. The molecule has 1 atom stereocenters. The third kappa shape index (κ3) is 3.26. The maximum atomic E-state index is 13.2. The number of phenolic OH excluding ortho intramolecular Hbond substituents is 1. The summed E-state index contributed by atoms with van der Waals surface area (Å²) >= 11 is 6.00. The molecule has 2 aromatic rings.